The fourth-order valence-electron chi connectivity index (χ4n) is 8.18. The first-order valence-electron chi connectivity index (χ1n) is 19.5. The van der Waals surface area contributed by atoms with Gasteiger partial charge in [-0.05, 0) is 98.2 Å². The van der Waals surface area contributed by atoms with Gasteiger partial charge in [0.05, 0.1) is 36.7 Å². The highest BCUT2D eigenvalue weighted by atomic mass is 35.5. The predicted molar refractivity (Wildman–Crippen MR) is 215 cm³/mol. The van der Waals surface area contributed by atoms with Crippen LogP contribution in [0.2, 0.25) is 5.02 Å². The van der Waals surface area contributed by atoms with E-state index in [1.165, 1.54) is 12.0 Å². The van der Waals surface area contributed by atoms with Gasteiger partial charge >= 0.3 is 6.09 Å². The number of hydrogen-bond donors (Lipinski definition) is 4. The number of carbonyl (C=O) groups is 4. The number of amides is 4. The Morgan fingerprint density at radius 2 is 1.81 bits per heavy atom. The molecule has 0 bridgehead atoms. The molecule has 7 rings (SSSR count). The van der Waals surface area contributed by atoms with E-state index in [0.29, 0.717) is 58.8 Å². The molecule has 2 aliphatic carbocycles. The lowest BCUT2D eigenvalue weighted by molar-refractivity contribution is -0.142. The lowest BCUT2D eigenvalue weighted by atomic mass is 9.88. The monoisotopic (exact) mass is 837 g/mol. The number of methoxy groups -OCH3 is 2. The number of hydrogen-bond acceptors (Lipinski definition) is 10. The molecule has 2 aliphatic heterocycles. The lowest BCUT2D eigenvalue weighted by Crippen LogP contribution is -2.59. The summed E-state index contributed by atoms with van der Waals surface area (Å²) in [5.41, 5.74) is -0.385. The second kappa shape index (κ2) is 16.3. The zero-order valence-corrected chi connectivity index (χ0v) is 34.3. The Bertz CT molecular complexity index is 2270. The molecule has 1 saturated heterocycles. The van der Waals surface area contributed by atoms with Gasteiger partial charge in [0.15, 0.2) is 0 Å². The van der Waals surface area contributed by atoms with Crippen LogP contribution in [0.5, 0.6) is 17.4 Å². The maximum Gasteiger partial charge on any atom is 0.405 e. The van der Waals surface area contributed by atoms with Crippen molar-refractivity contribution in [2.45, 2.75) is 87.8 Å². The van der Waals surface area contributed by atoms with Gasteiger partial charge in [-0.2, -0.15) is 0 Å². The fourth-order valence-corrected chi connectivity index (χ4v) is 9.80. The SMILES string of the molecule is COc1ccc2c(O[C@@H]3C[C@H]4C(=O)N[C@]5(C(=O)NS(=O)(=O)C6CC6)C[C@H]5C=CCC[C@H](C)C[C@@H](C)[C@H](NC(=O)O)C(=O)N4C3)nc(-c3ccc(OC)c(Cl)c3)cc2c1. The summed E-state index contributed by atoms with van der Waals surface area (Å²) in [5, 5.41) is 16.2. The first-order chi connectivity index (χ1) is 27.6. The van der Waals surface area contributed by atoms with E-state index in [4.69, 9.17) is 30.8 Å². The maximum absolute atomic E-state index is 14.6. The molecule has 0 unspecified atom stereocenters. The van der Waals surface area contributed by atoms with Crippen molar-refractivity contribution in [2.75, 3.05) is 20.8 Å². The number of rotatable bonds is 9. The van der Waals surface area contributed by atoms with Crippen LogP contribution in [0.4, 0.5) is 4.79 Å². The van der Waals surface area contributed by atoms with E-state index in [-0.39, 0.29) is 31.2 Å². The van der Waals surface area contributed by atoms with Crippen molar-refractivity contribution in [2.24, 2.45) is 17.8 Å². The molecule has 310 valence electrons. The van der Waals surface area contributed by atoms with Gasteiger partial charge in [0.25, 0.3) is 5.91 Å². The molecule has 0 radical (unpaired) electrons. The molecule has 4 amide bonds. The molecule has 2 aromatic carbocycles. The minimum Gasteiger partial charge on any atom is -0.497 e. The van der Waals surface area contributed by atoms with E-state index in [9.17, 15) is 32.7 Å². The summed E-state index contributed by atoms with van der Waals surface area (Å²) in [6.45, 7) is 3.71. The van der Waals surface area contributed by atoms with Crippen LogP contribution in [0.15, 0.2) is 54.6 Å². The zero-order chi connectivity index (χ0) is 41.5. The van der Waals surface area contributed by atoms with Crippen LogP contribution < -0.4 is 29.6 Å². The number of sulfonamides is 1. The summed E-state index contributed by atoms with van der Waals surface area (Å²) in [7, 11) is -0.864. The van der Waals surface area contributed by atoms with Crippen molar-refractivity contribution in [1.29, 1.82) is 0 Å². The average Bonchev–Trinajstić information content (AvgIpc) is 4.11. The third kappa shape index (κ3) is 8.53. The molecule has 7 atom stereocenters. The average molecular weight is 838 g/mol. The normalized spacial score (nSPS) is 27.6. The predicted octanol–water partition coefficient (Wildman–Crippen LogP) is 5.05. The summed E-state index contributed by atoms with van der Waals surface area (Å²) in [5.74, 6) is -1.68. The number of benzene rings is 2. The first-order valence-corrected chi connectivity index (χ1v) is 21.4. The van der Waals surface area contributed by atoms with Crippen molar-refractivity contribution < 1.29 is 46.9 Å². The number of nitrogens with one attached hydrogen (secondary N) is 3. The quantitative estimate of drug-likeness (QED) is 0.210. The summed E-state index contributed by atoms with van der Waals surface area (Å²) >= 11 is 6.49. The Labute approximate surface area is 341 Å². The standard InChI is InChI=1S/C41H48ClN5O10S/c1-22-7-5-6-8-26-20-41(26,39(50)46-58(53,54)29-11-12-29)45-36(48)33-19-28(21-47(33)38(49)35(23(2)15-22)44-40(51)52)57-37-30-13-10-27(55-3)16-25(30)18-32(43-37)24-9-14-34(56-4)31(42)17-24/h6,8-10,13-14,16-18,22-23,26,28-29,33,35,44H,5,7,11-12,15,19-21H2,1-4H3,(H,45,48)(H,46,50)(H,51,52)/t22-,23+,26+,28+,33-,35-,41+/m0/s1. The fraction of sp³-hybridized carbons (Fsp3) is 0.488. The van der Waals surface area contributed by atoms with Gasteiger partial charge in [-0.25, -0.2) is 18.2 Å². The zero-order valence-electron chi connectivity index (χ0n) is 32.7. The molecular weight excluding hydrogens is 790 g/mol. The van der Waals surface area contributed by atoms with Crippen molar-refractivity contribution in [1.82, 2.24) is 25.2 Å². The molecule has 1 aromatic heterocycles. The number of carbonyl (C=O) groups excluding carboxylic acids is 3. The second-order valence-corrected chi connectivity index (χ2v) is 18.3. The van der Waals surface area contributed by atoms with E-state index in [1.807, 2.05) is 31.2 Å². The largest absolute Gasteiger partial charge is 0.497 e. The molecule has 4 N–H and O–H groups in total. The van der Waals surface area contributed by atoms with Crippen molar-refractivity contribution >= 4 is 56.2 Å². The van der Waals surface area contributed by atoms with E-state index in [1.54, 1.807) is 44.4 Å². The Hall–Kier alpha value is -5.09. The number of aromatic nitrogens is 1. The maximum atomic E-state index is 14.6. The number of carboxylic acid groups (broad SMARTS) is 1. The first kappa shape index (κ1) is 41.1. The van der Waals surface area contributed by atoms with Crippen molar-refractivity contribution in [3.05, 3.63) is 59.6 Å². The Morgan fingerprint density at radius 3 is 2.50 bits per heavy atom. The molecule has 3 heterocycles. The molecule has 0 spiro atoms. The van der Waals surface area contributed by atoms with Crippen LogP contribution in [0.25, 0.3) is 22.0 Å². The minimum absolute atomic E-state index is 0.0430. The third-order valence-corrected chi connectivity index (χ3v) is 13.7. The minimum atomic E-state index is -3.94. The summed E-state index contributed by atoms with van der Waals surface area (Å²) < 4.78 is 45.4. The van der Waals surface area contributed by atoms with Gasteiger partial charge < -0.3 is 34.9 Å². The highest BCUT2D eigenvalue weighted by Crippen LogP contribution is 2.46. The van der Waals surface area contributed by atoms with Crippen molar-refractivity contribution in [3.63, 3.8) is 0 Å². The Balaban J connectivity index is 1.25. The summed E-state index contributed by atoms with van der Waals surface area (Å²) in [4.78, 5) is 61.2. The van der Waals surface area contributed by atoms with E-state index in [2.05, 4.69) is 15.4 Å². The molecule has 3 fully saturated rings. The summed E-state index contributed by atoms with van der Waals surface area (Å²) in [6.07, 6.45) is 4.45. The number of fused-ring (bicyclic) bond motifs is 3. The summed E-state index contributed by atoms with van der Waals surface area (Å²) in [6, 6.07) is 10.1. The number of ether oxygens (including phenoxy) is 3. The Kier molecular flexibility index (Phi) is 11.5. The van der Waals surface area contributed by atoms with Crippen LogP contribution in [0.3, 0.4) is 0 Å². The Morgan fingerprint density at radius 1 is 1.03 bits per heavy atom. The lowest BCUT2D eigenvalue weighted by Gasteiger charge is -2.32. The smallest absolute Gasteiger partial charge is 0.405 e. The van der Waals surface area contributed by atoms with Crippen LogP contribution in [-0.2, 0) is 24.4 Å². The van der Waals surface area contributed by atoms with E-state index in [0.717, 1.165) is 11.8 Å². The van der Waals surface area contributed by atoms with Gasteiger partial charge in [0, 0.05) is 23.3 Å². The topological polar surface area (TPSA) is 203 Å². The second-order valence-electron chi connectivity index (χ2n) is 15.9. The molecule has 3 aromatic rings. The number of halogens is 1. The van der Waals surface area contributed by atoms with E-state index >= 15 is 0 Å². The van der Waals surface area contributed by atoms with Gasteiger partial charge in [0.1, 0.15) is 35.2 Å². The van der Waals surface area contributed by atoms with Crippen LogP contribution in [0.1, 0.15) is 58.8 Å². The molecule has 58 heavy (non-hydrogen) atoms. The van der Waals surface area contributed by atoms with Crippen LogP contribution in [-0.4, -0.2) is 97.0 Å². The highest BCUT2D eigenvalue weighted by molar-refractivity contribution is 7.91. The number of allylic oxidation sites excluding steroid dienone is 1. The van der Waals surface area contributed by atoms with Crippen LogP contribution >= 0.6 is 11.6 Å². The van der Waals surface area contributed by atoms with Crippen molar-refractivity contribution in [3.8, 4) is 28.6 Å². The highest BCUT2D eigenvalue weighted by Gasteiger charge is 2.62. The number of nitrogens with zero attached hydrogens (tertiary/aromatic N) is 2. The van der Waals surface area contributed by atoms with Gasteiger partial charge in [-0.3, -0.25) is 19.1 Å². The molecule has 17 heteroatoms. The molecular formula is C41H48ClN5O10S. The van der Waals surface area contributed by atoms with Gasteiger partial charge in [0.2, 0.25) is 27.7 Å². The molecule has 2 saturated carbocycles. The van der Waals surface area contributed by atoms with Gasteiger partial charge in [-0.15, -0.1) is 0 Å². The van der Waals surface area contributed by atoms with Gasteiger partial charge in [-0.1, -0.05) is 37.6 Å². The van der Waals surface area contributed by atoms with Crippen LogP contribution in [0, 0.1) is 17.8 Å². The molecule has 4 aliphatic rings. The van der Waals surface area contributed by atoms with E-state index < -0.39 is 74.7 Å². The third-order valence-electron chi connectivity index (χ3n) is 11.6. The molecule has 15 nitrogen and oxygen atoms in total. The number of pyridine rings is 1.